The van der Waals surface area contributed by atoms with Gasteiger partial charge in [-0.25, -0.2) is 5.10 Å². The predicted octanol–water partition coefficient (Wildman–Crippen LogP) is 2.72. The van der Waals surface area contributed by atoms with Crippen LogP contribution in [0.4, 0.5) is 0 Å². The third-order valence-electron chi connectivity index (χ3n) is 3.20. The van der Waals surface area contributed by atoms with Crippen LogP contribution in [0.25, 0.3) is 11.3 Å². The zero-order valence-corrected chi connectivity index (χ0v) is 13.3. The smallest absolute Gasteiger partial charge is 0.268 e. The van der Waals surface area contributed by atoms with Gasteiger partial charge in [-0.2, -0.15) is 5.10 Å². The van der Waals surface area contributed by atoms with Gasteiger partial charge in [0.15, 0.2) is 0 Å². The Bertz CT molecular complexity index is 648. The van der Waals surface area contributed by atoms with Crippen molar-refractivity contribution in [2.45, 2.75) is 39.8 Å². The second-order valence-corrected chi connectivity index (χ2v) is 5.52. The fraction of sp³-hybridized carbons (Fsp3) is 0.412. The van der Waals surface area contributed by atoms with Crippen LogP contribution in [0.15, 0.2) is 35.1 Å². The molecule has 0 saturated heterocycles. The number of hydrogen-bond donors (Lipinski definition) is 2. The monoisotopic (exact) mass is 301 g/mol. The van der Waals surface area contributed by atoms with Crippen molar-refractivity contribution in [1.82, 2.24) is 15.5 Å². The van der Waals surface area contributed by atoms with E-state index in [4.69, 9.17) is 4.74 Å². The standard InChI is InChI=1S/C17H23N3O2/c1-4-9-22-15-7-5-13(6-8-15)16-10-14(11-18-12(2)3)17(21)20-19-16/h5-8,10,12,18H,4,9,11H2,1-3H3,(H,20,21). The lowest BCUT2D eigenvalue weighted by molar-refractivity contribution is 0.317. The first kappa shape index (κ1) is 16.2. The summed E-state index contributed by atoms with van der Waals surface area (Å²) in [5.74, 6) is 0.844. The molecule has 2 N–H and O–H groups in total. The lowest BCUT2D eigenvalue weighted by Gasteiger charge is -2.09. The highest BCUT2D eigenvalue weighted by atomic mass is 16.5. The Morgan fingerprint density at radius 1 is 1.27 bits per heavy atom. The molecule has 5 heteroatoms. The zero-order valence-electron chi connectivity index (χ0n) is 13.3. The molecule has 2 rings (SSSR count). The maximum atomic E-state index is 11.8. The second kappa shape index (κ2) is 7.75. The minimum atomic E-state index is -0.153. The number of hydrogen-bond acceptors (Lipinski definition) is 4. The van der Waals surface area contributed by atoms with Gasteiger partial charge in [0.05, 0.1) is 12.3 Å². The van der Waals surface area contributed by atoms with Crippen LogP contribution >= 0.6 is 0 Å². The molecule has 0 unspecified atom stereocenters. The summed E-state index contributed by atoms with van der Waals surface area (Å²) in [5, 5.41) is 9.93. The Hall–Kier alpha value is -2.14. The van der Waals surface area contributed by atoms with E-state index in [1.165, 1.54) is 0 Å². The summed E-state index contributed by atoms with van der Waals surface area (Å²) in [6, 6.07) is 9.89. The molecule has 22 heavy (non-hydrogen) atoms. The third kappa shape index (κ3) is 4.43. The quantitative estimate of drug-likeness (QED) is 0.825. The molecule has 1 heterocycles. The molecule has 0 fully saturated rings. The molecule has 0 aliphatic heterocycles. The van der Waals surface area contributed by atoms with E-state index in [1.54, 1.807) is 0 Å². The first-order valence-electron chi connectivity index (χ1n) is 7.65. The van der Waals surface area contributed by atoms with E-state index in [9.17, 15) is 4.79 Å². The fourth-order valence-corrected chi connectivity index (χ4v) is 1.98. The largest absolute Gasteiger partial charge is 0.494 e. The molecule has 0 bridgehead atoms. The van der Waals surface area contributed by atoms with E-state index in [-0.39, 0.29) is 5.56 Å². The van der Waals surface area contributed by atoms with Crippen LogP contribution in [0.3, 0.4) is 0 Å². The molecule has 1 aromatic carbocycles. The van der Waals surface area contributed by atoms with Crippen molar-refractivity contribution in [3.8, 4) is 17.0 Å². The van der Waals surface area contributed by atoms with Crippen LogP contribution < -0.4 is 15.6 Å². The van der Waals surface area contributed by atoms with Crippen molar-refractivity contribution in [1.29, 1.82) is 0 Å². The first-order chi connectivity index (χ1) is 10.6. The van der Waals surface area contributed by atoms with Gasteiger partial charge < -0.3 is 10.1 Å². The van der Waals surface area contributed by atoms with Crippen molar-refractivity contribution >= 4 is 0 Å². The van der Waals surface area contributed by atoms with E-state index < -0.39 is 0 Å². The lowest BCUT2D eigenvalue weighted by atomic mass is 10.1. The number of benzene rings is 1. The van der Waals surface area contributed by atoms with Crippen molar-refractivity contribution in [3.63, 3.8) is 0 Å². The Morgan fingerprint density at radius 3 is 2.64 bits per heavy atom. The van der Waals surface area contributed by atoms with E-state index in [0.29, 0.717) is 24.8 Å². The fourth-order valence-electron chi connectivity index (χ4n) is 1.98. The molecular weight excluding hydrogens is 278 g/mol. The molecule has 2 aromatic rings. The van der Waals surface area contributed by atoms with Gasteiger partial charge in [-0.15, -0.1) is 0 Å². The van der Waals surface area contributed by atoms with Gasteiger partial charge in [0.1, 0.15) is 5.75 Å². The second-order valence-electron chi connectivity index (χ2n) is 5.52. The van der Waals surface area contributed by atoms with Crippen LogP contribution in [0, 0.1) is 0 Å². The molecule has 0 atom stereocenters. The number of nitrogens with one attached hydrogen (secondary N) is 2. The van der Waals surface area contributed by atoms with Gasteiger partial charge in [0.25, 0.3) is 5.56 Å². The van der Waals surface area contributed by atoms with Crippen LogP contribution in [-0.4, -0.2) is 22.8 Å². The van der Waals surface area contributed by atoms with Crippen molar-refractivity contribution in [2.24, 2.45) is 0 Å². The normalized spacial score (nSPS) is 10.9. The molecule has 0 saturated carbocycles. The van der Waals surface area contributed by atoms with Gasteiger partial charge in [0, 0.05) is 23.7 Å². The lowest BCUT2D eigenvalue weighted by Crippen LogP contribution is -2.26. The maximum Gasteiger partial charge on any atom is 0.268 e. The molecule has 1 aromatic heterocycles. The van der Waals surface area contributed by atoms with E-state index >= 15 is 0 Å². The summed E-state index contributed by atoms with van der Waals surface area (Å²) in [4.78, 5) is 11.8. The van der Waals surface area contributed by atoms with Crippen LogP contribution in [-0.2, 0) is 6.54 Å². The molecular formula is C17H23N3O2. The third-order valence-corrected chi connectivity index (χ3v) is 3.20. The minimum Gasteiger partial charge on any atom is -0.494 e. The SMILES string of the molecule is CCCOc1ccc(-c2cc(CNC(C)C)c(=O)[nH]n2)cc1. The Balaban J connectivity index is 2.17. The molecule has 0 aliphatic rings. The highest BCUT2D eigenvalue weighted by molar-refractivity contribution is 5.60. The summed E-state index contributed by atoms with van der Waals surface area (Å²) in [7, 11) is 0. The minimum absolute atomic E-state index is 0.153. The van der Waals surface area contributed by atoms with Gasteiger partial charge in [0.2, 0.25) is 0 Å². The Kier molecular flexibility index (Phi) is 5.72. The molecule has 0 amide bonds. The van der Waals surface area contributed by atoms with Crippen molar-refractivity contribution < 1.29 is 4.74 Å². The average Bonchev–Trinajstić information content (AvgIpc) is 2.52. The number of ether oxygens (including phenoxy) is 1. The number of aromatic amines is 1. The topological polar surface area (TPSA) is 67.0 Å². The molecule has 5 nitrogen and oxygen atoms in total. The highest BCUT2D eigenvalue weighted by Crippen LogP contribution is 2.20. The summed E-state index contributed by atoms with van der Waals surface area (Å²) < 4.78 is 5.57. The van der Waals surface area contributed by atoms with E-state index in [1.807, 2.05) is 44.2 Å². The highest BCUT2D eigenvalue weighted by Gasteiger charge is 2.06. The summed E-state index contributed by atoms with van der Waals surface area (Å²) >= 11 is 0. The molecule has 0 aliphatic carbocycles. The van der Waals surface area contributed by atoms with Gasteiger partial charge >= 0.3 is 0 Å². The Labute approximate surface area is 130 Å². The zero-order chi connectivity index (χ0) is 15.9. The molecule has 0 radical (unpaired) electrons. The maximum absolute atomic E-state index is 11.8. The van der Waals surface area contributed by atoms with Crippen LogP contribution in [0.5, 0.6) is 5.75 Å². The molecule has 0 spiro atoms. The van der Waals surface area contributed by atoms with Crippen LogP contribution in [0.2, 0.25) is 0 Å². The van der Waals surface area contributed by atoms with E-state index in [2.05, 4.69) is 22.4 Å². The van der Waals surface area contributed by atoms with E-state index in [0.717, 1.165) is 23.4 Å². The Morgan fingerprint density at radius 2 is 2.00 bits per heavy atom. The van der Waals surface area contributed by atoms with Crippen molar-refractivity contribution in [3.05, 3.63) is 46.2 Å². The average molecular weight is 301 g/mol. The van der Waals surface area contributed by atoms with Gasteiger partial charge in [-0.05, 0) is 36.8 Å². The number of rotatable bonds is 7. The van der Waals surface area contributed by atoms with Gasteiger partial charge in [-0.1, -0.05) is 20.8 Å². The number of aromatic nitrogens is 2. The number of nitrogens with zero attached hydrogens (tertiary/aromatic N) is 1. The summed E-state index contributed by atoms with van der Waals surface area (Å²) in [5.41, 5.74) is 2.23. The van der Waals surface area contributed by atoms with Gasteiger partial charge in [-0.3, -0.25) is 4.79 Å². The summed E-state index contributed by atoms with van der Waals surface area (Å²) in [6.45, 7) is 7.41. The molecule has 118 valence electrons. The predicted molar refractivity (Wildman–Crippen MR) is 88.1 cm³/mol. The number of H-pyrrole nitrogens is 1. The van der Waals surface area contributed by atoms with Crippen LogP contribution in [0.1, 0.15) is 32.8 Å². The first-order valence-corrected chi connectivity index (χ1v) is 7.65. The van der Waals surface area contributed by atoms with Crippen molar-refractivity contribution in [2.75, 3.05) is 6.61 Å². The summed E-state index contributed by atoms with van der Waals surface area (Å²) in [6.07, 6.45) is 0.982.